The van der Waals surface area contributed by atoms with Crippen LogP contribution in [0.15, 0.2) is 33.5 Å². The summed E-state index contributed by atoms with van der Waals surface area (Å²) in [5, 5.41) is 5.52. The number of rotatable bonds is 5. The number of nitrogens with one attached hydrogen (secondary N) is 2. The van der Waals surface area contributed by atoms with Crippen LogP contribution in [-0.2, 0) is 17.7 Å². The molecule has 0 unspecified atom stereocenters. The third-order valence-corrected chi connectivity index (χ3v) is 4.51. The van der Waals surface area contributed by atoms with Crippen LogP contribution in [0.1, 0.15) is 22.5 Å². The molecule has 2 heterocycles. The Kier molecular flexibility index (Phi) is 5.19. The number of benzene rings is 1. The Labute approximate surface area is 152 Å². The molecule has 0 spiro atoms. The minimum atomic E-state index is -0.488. The first-order valence-electron chi connectivity index (χ1n) is 7.77. The maximum atomic E-state index is 14.1. The molecular formula is C17H17BrFN3O3. The lowest BCUT2D eigenvalue weighted by atomic mass is 10.1. The van der Waals surface area contributed by atoms with Gasteiger partial charge >= 0.3 is 0 Å². The molecule has 132 valence electrons. The number of pyridine rings is 1. The van der Waals surface area contributed by atoms with Crippen LogP contribution in [0.5, 0.6) is 0 Å². The number of hydrogen-bond acceptors (Lipinski definition) is 4. The quantitative estimate of drug-likeness (QED) is 0.744. The fourth-order valence-electron chi connectivity index (χ4n) is 2.92. The van der Waals surface area contributed by atoms with E-state index in [1.807, 2.05) is 0 Å². The SMILES string of the molecule is COCNC(=O)c1c(Nc2ccc(Br)cc2F)cc(=O)n2c1CCC2. The van der Waals surface area contributed by atoms with Crippen LogP contribution in [0.3, 0.4) is 0 Å². The summed E-state index contributed by atoms with van der Waals surface area (Å²) >= 11 is 3.20. The fraction of sp³-hybridized carbons (Fsp3) is 0.294. The zero-order chi connectivity index (χ0) is 18.0. The smallest absolute Gasteiger partial charge is 0.256 e. The molecule has 25 heavy (non-hydrogen) atoms. The molecule has 2 N–H and O–H groups in total. The summed E-state index contributed by atoms with van der Waals surface area (Å²) in [7, 11) is 1.47. The fourth-order valence-corrected chi connectivity index (χ4v) is 3.25. The number of carbonyl (C=O) groups excluding carboxylic acids is 1. The van der Waals surface area contributed by atoms with Crippen molar-refractivity contribution in [1.29, 1.82) is 0 Å². The van der Waals surface area contributed by atoms with E-state index >= 15 is 0 Å². The van der Waals surface area contributed by atoms with E-state index in [0.29, 0.717) is 28.7 Å². The minimum Gasteiger partial charge on any atom is -0.364 e. The number of hydrogen-bond donors (Lipinski definition) is 2. The number of carbonyl (C=O) groups is 1. The summed E-state index contributed by atoms with van der Waals surface area (Å²) in [5.74, 6) is -0.856. The van der Waals surface area contributed by atoms with Gasteiger partial charge in [-0.3, -0.25) is 9.59 Å². The van der Waals surface area contributed by atoms with E-state index in [4.69, 9.17) is 4.74 Å². The zero-order valence-electron chi connectivity index (χ0n) is 13.6. The molecule has 1 aromatic heterocycles. The number of methoxy groups -OCH3 is 1. The molecule has 0 radical (unpaired) electrons. The van der Waals surface area contributed by atoms with Crippen LogP contribution in [-0.4, -0.2) is 24.3 Å². The topological polar surface area (TPSA) is 72.4 Å². The van der Waals surface area contributed by atoms with Gasteiger partial charge in [0, 0.05) is 29.9 Å². The molecule has 0 fully saturated rings. The Hall–Kier alpha value is -2.19. The van der Waals surface area contributed by atoms with Crippen LogP contribution in [0.25, 0.3) is 0 Å². The molecule has 1 amide bonds. The van der Waals surface area contributed by atoms with Gasteiger partial charge < -0.3 is 19.9 Å². The summed E-state index contributed by atoms with van der Waals surface area (Å²) in [6.07, 6.45) is 1.40. The highest BCUT2D eigenvalue weighted by Crippen LogP contribution is 2.28. The second kappa shape index (κ2) is 7.37. The highest BCUT2D eigenvalue weighted by Gasteiger charge is 2.24. The van der Waals surface area contributed by atoms with Gasteiger partial charge in [-0.1, -0.05) is 15.9 Å². The number of aromatic nitrogens is 1. The summed E-state index contributed by atoms with van der Waals surface area (Å²) in [5.41, 5.74) is 1.26. The number of amides is 1. The molecule has 1 aliphatic rings. The first-order chi connectivity index (χ1) is 12.0. The average Bonchev–Trinajstić information content (AvgIpc) is 3.05. The predicted octanol–water partition coefficient (Wildman–Crippen LogP) is 2.77. The molecule has 0 saturated carbocycles. The number of anilines is 2. The van der Waals surface area contributed by atoms with Gasteiger partial charge in [0.2, 0.25) is 0 Å². The third kappa shape index (κ3) is 3.59. The third-order valence-electron chi connectivity index (χ3n) is 4.02. The van der Waals surface area contributed by atoms with E-state index in [2.05, 4.69) is 26.6 Å². The van der Waals surface area contributed by atoms with E-state index in [1.54, 1.807) is 16.7 Å². The summed E-state index contributed by atoms with van der Waals surface area (Å²) < 4.78 is 21.2. The maximum absolute atomic E-state index is 14.1. The maximum Gasteiger partial charge on any atom is 0.256 e. The highest BCUT2D eigenvalue weighted by molar-refractivity contribution is 9.10. The van der Waals surface area contributed by atoms with Crippen molar-refractivity contribution in [3.05, 3.63) is 56.2 Å². The number of nitrogens with zero attached hydrogens (tertiary/aromatic N) is 1. The molecule has 1 aromatic carbocycles. The normalized spacial score (nSPS) is 12.8. The second-order valence-electron chi connectivity index (χ2n) is 5.66. The van der Waals surface area contributed by atoms with Crippen LogP contribution in [0.2, 0.25) is 0 Å². The highest BCUT2D eigenvalue weighted by atomic mass is 79.9. The number of ether oxygens (including phenoxy) is 1. The van der Waals surface area contributed by atoms with E-state index in [1.165, 1.54) is 19.2 Å². The molecule has 0 saturated heterocycles. The summed E-state index contributed by atoms with van der Waals surface area (Å²) in [6, 6.07) is 5.86. The van der Waals surface area contributed by atoms with E-state index in [-0.39, 0.29) is 29.6 Å². The van der Waals surface area contributed by atoms with Gasteiger partial charge in [0.25, 0.3) is 11.5 Å². The number of halogens is 2. The van der Waals surface area contributed by atoms with Gasteiger partial charge in [0.1, 0.15) is 12.5 Å². The molecule has 2 aromatic rings. The van der Waals surface area contributed by atoms with E-state index in [9.17, 15) is 14.0 Å². The average molecular weight is 410 g/mol. The molecule has 6 nitrogen and oxygen atoms in total. The summed E-state index contributed by atoms with van der Waals surface area (Å²) in [4.78, 5) is 24.9. The molecule has 0 bridgehead atoms. The van der Waals surface area contributed by atoms with Crippen LogP contribution in [0, 0.1) is 5.82 Å². The van der Waals surface area contributed by atoms with Gasteiger partial charge in [0.15, 0.2) is 0 Å². The lowest BCUT2D eigenvalue weighted by molar-refractivity contribution is 0.0871. The van der Waals surface area contributed by atoms with Crippen molar-refractivity contribution in [2.24, 2.45) is 0 Å². The van der Waals surface area contributed by atoms with Gasteiger partial charge in [-0.05, 0) is 31.0 Å². The van der Waals surface area contributed by atoms with E-state index < -0.39 is 5.82 Å². The molecule has 0 atom stereocenters. The Bertz CT molecular complexity index is 882. The molecule has 1 aliphatic heterocycles. The Balaban J connectivity index is 2.07. The predicted molar refractivity (Wildman–Crippen MR) is 95.7 cm³/mol. The lowest BCUT2D eigenvalue weighted by Gasteiger charge is -2.17. The first kappa shape index (κ1) is 17.6. The van der Waals surface area contributed by atoms with Crippen LogP contribution in [0.4, 0.5) is 15.8 Å². The molecular weight excluding hydrogens is 393 g/mol. The second-order valence-corrected chi connectivity index (χ2v) is 6.58. The standard InChI is InChI=1S/C17H17BrFN3O3/c1-25-9-20-17(24)16-13(8-15(23)22-6-2-3-14(16)22)21-12-5-4-10(18)7-11(12)19/h4-5,7-8,21H,2-3,6,9H2,1H3,(H,20,24). The lowest BCUT2D eigenvalue weighted by Crippen LogP contribution is -2.30. The van der Waals surface area contributed by atoms with Gasteiger partial charge in [0.05, 0.1) is 16.9 Å². The van der Waals surface area contributed by atoms with Gasteiger partial charge in [-0.15, -0.1) is 0 Å². The Morgan fingerprint density at radius 3 is 2.88 bits per heavy atom. The van der Waals surface area contributed by atoms with Gasteiger partial charge in [-0.25, -0.2) is 4.39 Å². The summed E-state index contributed by atoms with van der Waals surface area (Å²) in [6.45, 7) is 0.620. The van der Waals surface area contributed by atoms with Crippen molar-refractivity contribution >= 4 is 33.2 Å². The zero-order valence-corrected chi connectivity index (χ0v) is 15.2. The van der Waals surface area contributed by atoms with Crippen molar-refractivity contribution in [3.8, 4) is 0 Å². The minimum absolute atomic E-state index is 0.0451. The van der Waals surface area contributed by atoms with Gasteiger partial charge in [-0.2, -0.15) is 0 Å². The van der Waals surface area contributed by atoms with Crippen molar-refractivity contribution < 1.29 is 13.9 Å². The molecule has 0 aliphatic carbocycles. The largest absolute Gasteiger partial charge is 0.364 e. The monoisotopic (exact) mass is 409 g/mol. The first-order valence-corrected chi connectivity index (χ1v) is 8.56. The Morgan fingerprint density at radius 1 is 1.36 bits per heavy atom. The van der Waals surface area contributed by atoms with Crippen LogP contribution >= 0.6 is 15.9 Å². The molecule has 3 rings (SSSR count). The Morgan fingerprint density at radius 2 is 2.16 bits per heavy atom. The van der Waals surface area contributed by atoms with Crippen molar-refractivity contribution in [3.63, 3.8) is 0 Å². The van der Waals surface area contributed by atoms with Crippen LogP contribution < -0.4 is 16.2 Å². The molecule has 8 heteroatoms. The van der Waals surface area contributed by atoms with Crippen molar-refractivity contribution in [2.45, 2.75) is 19.4 Å². The van der Waals surface area contributed by atoms with E-state index in [0.717, 1.165) is 6.42 Å². The van der Waals surface area contributed by atoms with Crippen molar-refractivity contribution in [2.75, 3.05) is 19.2 Å². The number of fused-ring (bicyclic) bond motifs is 1. The van der Waals surface area contributed by atoms with Crippen molar-refractivity contribution in [1.82, 2.24) is 9.88 Å².